The van der Waals surface area contributed by atoms with Crippen molar-refractivity contribution >= 4 is 41.3 Å². The van der Waals surface area contributed by atoms with Gasteiger partial charge < -0.3 is 15.3 Å². The number of thiol groups is 1. The van der Waals surface area contributed by atoms with Gasteiger partial charge in [-0.05, 0) is 37.6 Å². The molecule has 0 aliphatic carbocycles. The number of carboxylic acids is 1. The third kappa shape index (κ3) is 4.74. The average Bonchev–Trinajstić information content (AvgIpc) is 2.67. The zero-order valence-electron chi connectivity index (χ0n) is 10.5. The first-order chi connectivity index (χ1) is 8.71. The quantitative estimate of drug-likeness (QED) is 0.742. The highest BCUT2D eigenvalue weighted by atomic mass is 35.5. The van der Waals surface area contributed by atoms with Crippen molar-refractivity contribution in [1.29, 1.82) is 0 Å². The van der Waals surface area contributed by atoms with Crippen LogP contribution in [0, 0.1) is 0 Å². The molecule has 0 fully saturated rings. The highest BCUT2D eigenvalue weighted by Gasteiger charge is 2.27. The Bertz CT molecular complexity index is 532. The maximum Gasteiger partial charge on any atom is 0.321 e. The number of para-hydroxylation sites is 2. The molecule has 0 saturated heterocycles. The molecule has 19 heavy (non-hydrogen) atoms. The lowest BCUT2D eigenvalue weighted by Gasteiger charge is -2.21. The molecule has 0 unspecified atom stereocenters. The molecule has 1 atom stereocenters. The van der Waals surface area contributed by atoms with Gasteiger partial charge >= 0.3 is 5.97 Å². The second kappa shape index (κ2) is 6.27. The van der Waals surface area contributed by atoms with E-state index < -0.39 is 16.8 Å². The van der Waals surface area contributed by atoms with Crippen molar-refractivity contribution in [2.45, 2.75) is 24.6 Å². The number of benzene rings is 1. The zero-order valence-corrected chi connectivity index (χ0v) is 12.2. The summed E-state index contributed by atoms with van der Waals surface area (Å²) in [5.41, 5.74) is 6.75. The molecular weight excluding hydrogens is 288 g/mol. The Labute approximate surface area is 121 Å². The third-order valence-electron chi connectivity index (χ3n) is 2.29. The van der Waals surface area contributed by atoms with Crippen molar-refractivity contribution in [3.8, 4) is 0 Å². The van der Waals surface area contributed by atoms with E-state index in [0.717, 1.165) is 11.1 Å². The molecule has 0 aliphatic heterocycles. The van der Waals surface area contributed by atoms with Crippen LogP contribution in [-0.4, -0.2) is 26.8 Å². The molecule has 0 amide bonds. The van der Waals surface area contributed by atoms with Crippen LogP contribution in [0.2, 0.25) is 5.35 Å². The summed E-state index contributed by atoms with van der Waals surface area (Å²) >= 11 is 9.49. The normalized spacial score (nSPS) is 12.7. The number of aromatic nitrogens is 1. The maximum absolute atomic E-state index is 10.2. The Hall–Kier alpha value is -1.24. The summed E-state index contributed by atoms with van der Waals surface area (Å²) in [5, 5.41) is 8.54. The number of aliphatic carboxylic acids is 1. The summed E-state index contributed by atoms with van der Waals surface area (Å²) in [4.78, 5) is 14.1. The molecule has 7 heteroatoms. The van der Waals surface area contributed by atoms with Crippen molar-refractivity contribution in [3.05, 3.63) is 29.6 Å². The second-order valence-corrected chi connectivity index (χ2v) is 5.88. The van der Waals surface area contributed by atoms with Gasteiger partial charge in [-0.2, -0.15) is 17.6 Å². The Morgan fingerprint density at radius 1 is 1.53 bits per heavy atom. The minimum atomic E-state index is -1.02. The molecule has 0 spiro atoms. The van der Waals surface area contributed by atoms with E-state index in [4.69, 9.17) is 26.9 Å². The number of rotatable bonds is 2. The van der Waals surface area contributed by atoms with E-state index in [-0.39, 0.29) is 5.35 Å². The van der Waals surface area contributed by atoms with Crippen LogP contribution in [0.25, 0.3) is 11.1 Å². The Morgan fingerprint density at radius 3 is 2.53 bits per heavy atom. The van der Waals surface area contributed by atoms with Gasteiger partial charge in [-0.25, -0.2) is 0 Å². The summed E-state index contributed by atoms with van der Waals surface area (Å²) in [5.74, 6) is -1.02. The van der Waals surface area contributed by atoms with Crippen LogP contribution >= 0.6 is 24.2 Å². The molecule has 104 valence electrons. The SMILES string of the molecule is CC(C)(S)[C@H](N)C(=O)O.Clc1nc2ccccc2o1. The fourth-order valence-corrected chi connectivity index (χ4v) is 1.43. The van der Waals surface area contributed by atoms with Crippen molar-refractivity contribution in [2.24, 2.45) is 5.73 Å². The number of nitrogens with zero attached hydrogens (tertiary/aromatic N) is 1. The van der Waals surface area contributed by atoms with Crippen LogP contribution in [0.4, 0.5) is 0 Å². The van der Waals surface area contributed by atoms with Crippen molar-refractivity contribution in [2.75, 3.05) is 0 Å². The van der Waals surface area contributed by atoms with Crippen LogP contribution in [0.3, 0.4) is 0 Å². The first-order valence-corrected chi connectivity index (χ1v) is 6.26. The lowest BCUT2D eigenvalue weighted by atomic mass is 10.1. The van der Waals surface area contributed by atoms with Crippen LogP contribution in [0.5, 0.6) is 0 Å². The Kier molecular flexibility index (Phi) is 5.22. The van der Waals surface area contributed by atoms with Crippen molar-refractivity contribution in [1.82, 2.24) is 4.98 Å². The van der Waals surface area contributed by atoms with Gasteiger partial charge in [-0.1, -0.05) is 12.1 Å². The lowest BCUT2D eigenvalue weighted by molar-refractivity contribution is -0.139. The van der Waals surface area contributed by atoms with E-state index in [1.54, 1.807) is 13.8 Å². The lowest BCUT2D eigenvalue weighted by Crippen LogP contribution is -2.45. The van der Waals surface area contributed by atoms with Gasteiger partial charge in [-0.15, -0.1) is 0 Å². The number of halogens is 1. The van der Waals surface area contributed by atoms with Gasteiger partial charge in [0.15, 0.2) is 5.58 Å². The first kappa shape index (κ1) is 15.8. The summed E-state index contributed by atoms with van der Waals surface area (Å²) in [7, 11) is 0. The number of carbonyl (C=O) groups is 1. The maximum atomic E-state index is 10.2. The fourth-order valence-electron chi connectivity index (χ4n) is 1.15. The molecule has 0 bridgehead atoms. The number of fused-ring (bicyclic) bond motifs is 1. The smallest absolute Gasteiger partial charge is 0.321 e. The molecule has 1 aromatic heterocycles. The molecule has 0 radical (unpaired) electrons. The number of hydrogen-bond acceptors (Lipinski definition) is 5. The van der Waals surface area contributed by atoms with Crippen molar-refractivity contribution < 1.29 is 14.3 Å². The molecule has 1 aromatic carbocycles. The van der Waals surface area contributed by atoms with E-state index >= 15 is 0 Å². The summed E-state index contributed by atoms with van der Waals surface area (Å²) in [6, 6.07) is 6.55. The summed E-state index contributed by atoms with van der Waals surface area (Å²) < 4.78 is 4.38. The molecule has 3 N–H and O–H groups in total. The number of oxazole rings is 1. The number of nitrogens with two attached hydrogens (primary N) is 1. The molecule has 0 saturated carbocycles. The van der Waals surface area contributed by atoms with Crippen LogP contribution in [-0.2, 0) is 4.79 Å². The summed E-state index contributed by atoms with van der Waals surface area (Å²) in [6.45, 7) is 3.32. The zero-order chi connectivity index (χ0) is 14.6. The van der Waals surface area contributed by atoms with E-state index in [2.05, 4.69) is 17.6 Å². The molecule has 5 nitrogen and oxygen atoms in total. The first-order valence-electron chi connectivity index (χ1n) is 5.43. The third-order valence-corrected chi connectivity index (χ3v) is 2.73. The van der Waals surface area contributed by atoms with E-state index in [0.29, 0.717) is 0 Å². The predicted octanol–water partition coefficient (Wildman–Crippen LogP) is 2.59. The van der Waals surface area contributed by atoms with Gasteiger partial charge in [-0.3, -0.25) is 4.79 Å². The topological polar surface area (TPSA) is 89.4 Å². The standard InChI is InChI=1S/C7H4ClNO.C5H11NO2S/c8-7-9-5-3-1-2-4-6(5)10-7;1-5(2,9)3(6)4(7)8/h1-4H;3,9H,6H2,1-2H3,(H,7,8)/t;3-/m.1/s1. The monoisotopic (exact) mass is 302 g/mol. The second-order valence-electron chi connectivity index (χ2n) is 4.40. The van der Waals surface area contributed by atoms with Gasteiger partial charge in [0.1, 0.15) is 11.6 Å². The molecule has 2 rings (SSSR count). The van der Waals surface area contributed by atoms with E-state index in [1.165, 1.54) is 0 Å². The van der Waals surface area contributed by atoms with Gasteiger partial charge in [0.2, 0.25) is 0 Å². The molecule has 2 aromatic rings. The predicted molar refractivity (Wildman–Crippen MR) is 77.7 cm³/mol. The largest absolute Gasteiger partial charge is 0.480 e. The van der Waals surface area contributed by atoms with Crippen LogP contribution in [0.15, 0.2) is 28.7 Å². The minimum absolute atomic E-state index is 0.196. The number of hydrogen-bond donors (Lipinski definition) is 3. The summed E-state index contributed by atoms with van der Waals surface area (Å²) in [6.07, 6.45) is 0. The molecule has 0 aliphatic rings. The average molecular weight is 303 g/mol. The van der Waals surface area contributed by atoms with E-state index in [9.17, 15) is 4.79 Å². The minimum Gasteiger partial charge on any atom is -0.480 e. The fraction of sp³-hybridized carbons (Fsp3) is 0.333. The highest BCUT2D eigenvalue weighted by molar-refractivity contribution is 7.81. The van der Waals surface area contributed by atoms with Crippen LogP contribution in [0.1, 0.15) is 13.8 Å². The Balaban J connectivity index is 0.000000192. The molecule has 1 heterocycles. The van der Waals surface area contributed by atoms with E-state index in [1.807, 2.05) is 24.3 Å². The van der Waals surface area contributed by atoms with Crippen LogP contribution < -0.4 is 5.73 Å². The number of carboxylic acid groups (broad SMARTS) is 1. The highest BCUT2D eigenvalue weighted by Crippen LogP contribution is 2.17. The van der Waals surface area contributed by atoms with Gasteiger partial charge in [0.25, 0.3) is 5.35 Å². The van der Waals surface area contributed by atoms with Gasteiger partial charge in [0, 0.05) is 4.75 Å². The Morgan fingerprint density at radius 2 is 2.11 bits per heavy atom. The van der Waals surface area contributed by atoms with Gasteiger partial charge in [0.05, 0.1) is 0 Å². The molecular formula is C12H15ClN2O3S. The van der Waals surface area contributed by atoms with Crippen molar-refractivity contribution in [3.63, 3.8) is 0 Å².